The highest BCUT2D eigenvalue weighted by atomic mass is 35.5. The smallest absolute Gasteiger partial charge is 0.407 e. The molecule has 0 bridgehead atoms. The van der Waals surface area contributed by atoms with E-state index in [-0.39, 0.29) is 12.5 Å². The lowest BCUT2D eigenvalue weighted by molar-refractivity contribution is -0.117. The molecule has 1 saturated heterocycles. The van der Waals surface area contributed by atoms with Crippen molar-refractivity contribution in [1.82, 2.24) is 5.32 Å². The van der Waals surface area contributed by atoms with Crippen molar-refractivity contribution < 1.29 is 14.3 Å². The van der Waals surface area contributed by atoms with Gasteiger partial charge >= 0.3 is 6.09 Å². The number of benzene rings is 1. The van der Waals surface area contributed by atoms with Crippen LogP contribution < -0.4 is 10.6 Å². The Kier molecular flexibility index (Phi) is 3.40. The van der Waals surface area contributed by atoms with Crippen LogP contribution >= 0.6 is 23.2 Å². The molecule has 0 spiro atoms. The van der Waals surface area contributed by atoms with Crippen LogP contribution in [0, 0.1) is 0 Å². The Labute approximate surface area is 107 Å². The molecule has 2 amide bonds. The average molecular weight is 275 g/mol. The summed E-state index contributed by atoms with van der Waals surface area (Å²) < 4.78 is 4.61. The van der Waals surface area contributed by atoms with Crippen molar-refractivity contribution in [3.63, 3.8) is 0 Å². The molecule has 2 rings (SSSR count). The minimum Gasteiger partial charge on any atom is -0.447 e. The first-order chi connectivity index (χ1) is 8.06. The summed E-state index contributed by atoms with van der Waals surface area (Å²) in [5.41, 5.74) is 0.505. The van der Waals surface area contributed by atoms with Crippen molar-refractivity contribution in [2.24, 2.45) is 0 Å². The maximum Gasteiger partial charge on any atom is 0.407 e. The van der Waals surface area contributed by atoms with Gasteiger partial charge in [-0.2, -0.15) is 0 Å². The SMILES string of the molecule is O=C1NC(C(=O)Nc2ccc(Cl)c(Cl)c2)CO1. The highest BCUT2D eigenvalue weighted by Gasteiger charge is 2.28. The topological polar surface area (TPSA) is 67.4 Å². The summed E-state index contributed by atoms with van der Waals surface area (Å²) in [5, 5.41) is 5.71. The number of hydrogen-bond donors (Lipinski definition) is 2. The van der Waals surface area contributed by atoms with Crippen LogP contribution in [0.4, 0.5) is 10.5 Å². The molecular weight excluding hydrogens is 267 g/mol. The lowest BCUT2D eigenvalue weighted by Gasteiger charge is -2.09. The summed E-state index contributed by atoms with van der Waals surface area (Å²) in [6.07, 6.45) is -0.598. The number of anilines is 1. The van der Waals surface area contributed by atoms with Crippen molar-refractivity contribution in [1.29, 1.82) is 0 Å². The first kappa shape index (κ1) is 12.0. The van der Waals surface area contributed by atoms with E-state index in [2.05, 4.69) is 15.4 Å². The second-order valence-corrected chi connectivity index (χ2v) is 4.23. The molecule has 1 aromatic rings. The third-order valence-electron chi connectivity index (χ3n) is 2.18. The zero-order chi connectivity index (χ0) is 12.4. The Morgan fingerprint density at radius 1 is 1.41 bits per heavy atom. The van der Waals surface area contributed by atoms with E-state index in [9.17, 15) is 9.59 Å². The lowest BCUT2D eigenvalue weighted by atomic mass is 10.2. The number of amides is 2. The van der Waals surface area contributed by atoms with Gasteiger partial charge in [0.2, 0.25) is 0 Å². The van der Waals surface area contributed by atoms with Crippen molar-refractivity contribution in [3.8, 4) is 0 Å². The number of hydrogen-bond acceptors (Lipinski definition) is 3. The normalized spacial score (nSPS) is 18.5. The molecule has 1 atom stereocenters. The van der Waals surface area contributed by atoms with E-state index < -0.39 is 12.1 Å². The standard InChI is InChI=1S/C10H8Cl2N2O3/c11-6-2-1-5(3-7(6)12)13-9(15)8-4-17-10(16)14-8/h1-3,8H,4H2,(H,13,15)(H,14,16). The fraction of sp³-hybridized carbons (Fsp3) is 0.200. The molecule has 1 fully saturated rings. The molecule has 2 N–H and O–H groups in total. The van der Waals surface area contributed by atoms with Gasteiger partial charge in [0.25, 0.3) is 5.91 Å². The molecule has 17 heavy (non-hydrogen) atoms. The Balaban J connectivity index is 2.03. The van der Waals surface area contributed by atoms with E-state index in [1.54, 1.807) is 12.1 Å². The molecule has 0 aromatic heterocycles. The molecule has 5 nitrogen and oxygen atoms in total. The van der Waals surface area contributed by atoms with Crippen LogP contribution in [0.3, 0.4) is 0 Å². The van der Waals surface area contributed by atoms with Crippen LogP contribution in [0.15, 0.2) is 18.2 Å². The van der Waals surface area contributed by atoms with Crippen molar-refractivity contribution in [3.05, 3.63) is 28.2 Å². The molecule has 1 aromatic carbocycles. The predicted octanol–water partition coefficient (Wildman–Crippen LogP) is 2.04. The Bertz CT molecular complexity index is 479. The molecule has 0 saturated carbocycles. The highest BCUT2D eigenvalue weighted by molar-refractivity contribution is 6.42. The van der Waals surface area contributed by atoms with E-state index >= 15 is 0 Å². The van der Waals surface area contributed by atoms with Gasteiger partial charge in [-0.15, -0.1) is 0 Å². The summed E-state index contributed by atoms with van der Waals surface area (Å²) in [6, 6.07) is 4.03. The summed E-state index contributed by atoms with van der Waals surface area (Å²) in [6.45, 7) is 0.0198. The minimum atomic E-state index is -0.683. The largest absolute Gasteiger partial charge is 0.447 e. The highest BCUT2D eigenvalue weighted by Crippen LogP contribution is 2.25. The third-order valence-corrected chi connectivity index (χ3v) is 2.92. The summed E-state index contributed by atoms with van der Waals surface area (Å²) >= 11 is 11.5. The van der Waals surface area contributed by atoms with Gasteiger partial charge in [-0.05, 0) is 18.2 Å². The van der Waals surface area contributed by atoms with Crippen LogP contribution in [0.1, 0.15) is 0 Å². The number of carbonyl (C=O) groups is 2. The maximum absolute atomic E-state index is 11.7. The number of cyclic esters (lactones) is 1. The zero-order valence-electron chi connectivity index (χ0n) is 8.50. The molecule has 7 heteroatoms. The van der Waals surface area contributed by atoms with Gasteiger partial charge in [0, 0.05) is 5.69 Å². The second kappa shape index (κ2) is 4.81. The van der Waals surface area contributed by atoms with Gasteiger partial charge in [0.15, 0.2) is 0 Å². The van der Waals surface area contributed by atoms with Crippen LogP contribution in [0.5, 0.6) is 0 Å². The number of halogens is 2. The average Bonchev–Trinajstić information content (AvgIpc) is 2.70. The van der Waals surface area contributed by atoms with Crippen LogP contribution in [0.2, 0.25) is 10.0 Å². The summed E-state index contributed by atoms with van der Waals surface area (Å²) in [4.78, 5) is 22.4. The number of ether oxygens (including phenoxy) is 1. The molecule has 90 valence electrons. The van der Waals surface area contributed by atoms with Gasteiger partial charge in [-0.1, -0.05) is 23.2 Å². The molecule has 1 unspecified atom stereocenters. The molecule has 1 heterocycles. The number of nitrogens with one attached hydrogen (secondary N) is 2. The Hall–Kier alpha value is -1.46. The summed E-state index contributed by atoms with van der Waals surface area (Å²) in [7, 11) is 0. The minimum absolute atomic E-state index is 0.0198. The molecule has 1 aliphatic rings. The lowest BCUT2D eigenvalue weighted by Crippen LogP contribution is -2.38. The monoisotopic (exact) mass is 274 g/mol. The Morgan fingerprint density at radius 2 is 2.18 bits per heavy atom. The van der Waals surface area contributed by atoms with Crippen molar-refractivity contribution in [2.45, 2.75) is 6.04 Å². The van der Waals surface area contributed by atoms with Crippen LogP contribution in [0.25, 0.3) is 0 Å². The zero-order valence-corrected chi connectivity index (χ0v) is 10.0. The van der Waals surface area contributed by atoms with Crippen molar-refractivity contribution >= 4 is 40.9 Å². The first-order valence-corrected chi connectivity index (χ1v) is 5.51. The third kappa shape index (κ3) is 2.81. The fourth-order valence-electron chi connectivity index (χ4n) is 1.33. The molecule has 0 radical (unpaired) electrons. The molecule has 0 aliphatic carbocycles. The van der Waals surface area contributed by atoms with E-state index in [4.69, 9.17) is 23.2 Å². The molecule has 1 aliphatic heterocycles. The second-order valence-electron chi connectivity index (χ2n) is 3.41. The van der Waals surface area contributed by atoms with Gasteiger partial charge in [-0.3, -0.25) is 4.79 Å². The number of alkyl carbamates (subject to hydrolysis) is 1. The fourth-order valence-corrected chi connectivity index (χ4v) is 1.63. The van der Waals surface area contributed by atoms with Crippen LogP contribution in [-0.2, 0) is 9.53 Å². The maximum atomic E-state index is 11.7. The quantitative estimate of drug-likeness (QED) is 0.867. The first-order valence-electron chi connectivity index (χ1n) is 4.75. The van der Waals surface area contributed by atoms with E-state index in [1.807, 2.05) is 0 Å². The van der Waals surface area contributed by atoms with Gasteiger partial charge in [-0.25, -0.2) is 4.79 Å². The van der Waals surface area contributed by atoms with E-state index in [0.29, 0.717) is 15.7 Å². The Morgan fingerprint density at radius 3 is 2.76 bits per heavy atom. The number of carbonyl (C=O) groups excluding carboxylic acids is 2. The summed E-state index contributed by atoms with van der Waals surface area (Å²) in [5.74, 6) is -0.366. The molecular formula is C10H8Cl2N2O3. The van der Waals surface area contributed by atoms with Crippen LogP contribution in [-0.4, -0.2) is 24.6 Å². The van der Waals surface area contributed by atoms with E-state index in [0.717, 1.165) is 0 Å². The number of rotatable bonds is 2. The predicted molar refractivity (Wildman–Crippen MR) is 63.4 cm³/mol. The van der Waals surface area contributed by atoms with E-state index in [1.165, 1.54) is 6.07 Å². The van der Waals surface area contributed by atoms with Crippen molar-refractivity contribution in [2.75, 3.05) is 11.9 Å². The van der Waals surface area contributed by atoms with Gasteiger partial charge < -0.3 is 15.4 Å². The van der Waals surface area contributed by atoms with Gasteiger partial charge in [0.1, 0.15) is 12.6 Å². The van der Waals surface area contributed by atoms with Gasteiger partial charge in [0.05, 0.1) is 10.0 Å².